The van der Waals surface area contributed by atoms with Crippen LogP contribution in [0.15, 0.2) is 94.1 Å². The van der Waals surface area contributed by atoms with E-state index in [1.165, 1.54) is 17.1 Å². The maximum atomic E-state index is 13.5. The van der Waals surface area contributed by atoms with E-state index in [9.17, 15) is 22.8 Å². The number of nitrogens with zero attached hydrogens (tertiary/aromatic N) is 2. The van der Waals surface area contributed by atoms with Crippen LogP contribution in [0.2, 0.25) is 0 Å². The number of hydrogen-bond acceptors (Lipinski definition) is 3. The van der Waals surface area contributed by atoms with Gasteiger partial charge in [-0.1, -0.05) is 44.2 Å². The van der Waals surface area contributed by atoms with Crippen molar-refractivity contribution < 1.29 is 22.8 Å². The van der Waals surface area contributed by atoms with Crippen LogP contribution in [0, 0.1) is 0 Å². The van der Waals surface area contributed by atoms with Gasteiger partial charge >= 0.3 is 6.18 Å². The lowest BCUT2D eigenvalue weighted by Crippen LogP contribution is -2.23. The summed E-state index contributed by atoms with van der Waals surface area (Å²) in [5.41, 5.74) is 2.34. The maximum Gasteiger partial charge on any atom is 0.416 e. The van der Waals surface area contributed by atoms with E-state index < -0.39 is 17.6 Å². The fourth-order valence-electron chi connectivity index (χ4n) is 3.85. The molecule has 2 aromatic carbocycles. The highest BCUT2D eigenvalue weighted by Gasteiger charge is 2.36. The molecule has 0 aromatic heterocycles. The summed E-state index contributed by atoms with van der Waals surface area (Å²) in [6.45, 7) is 3.73. The predicted octanol–water partition coefficient (Wildman–Crippen LogP) is 6.01. The lowest BCUT2D eigenvalue weighted by molar-refractivity contribution is -0.137. The van der Waals surface area contributed by atoms with Crippen molar-refractivity contribution in [2.45, 2.75) is 32.9 Å². The summed E-state index contributed by atoms with van der Waals surface area (Å²) in [6, 6.07) is 13.4. The van der Waals surface area contributed by atoms with Crippen LogP contribution >= 0.6 is 0 Å². The number of para-hydroxylation sites is 1. The minimum atomic E-state index is -4.47. The molecule has 0 saturated carbocycles. The molecule has 1 aliphatic heterocycles. The summed E-state index contributed by atoms with van der Waals surface area (Å²) in [5.74, 6) is -0.457. The molecule has 0 saturated heterocycles. The quantitative estimate of drug-likeness (QED) is 0.536. The Bertz CT molecular complexity index is 1210. The van der Waals surface area contributed by atoms with E-state index in [1.54, 1.807) is 36.4 Å². The molecule has 4 nitrogen and oxygen atoms in total. The van der Waals surface area contributed by atoms with E-state index in [2.05, 4.69) is 5.10 Å². The lowest BCUT2D eigenvalue weighted by Gasteiger charge is -2.16. The van der Waals surface area contributed by atoms with Crippen molar-refractivity contribution in [1.29, 1.82) is 0 Å². The van der Waals surface area contributed by atoms with Gasteiger partial charge in [-0.2, -0.15) is 23.3 Å². The first kappa shape index (κ1) is 22.5. The number of amides is 1. The van der Waals surface area contributed by atoms with Crippen molar-refractivity contribution >= 4 is 23.1 Å². The third kappa shape index (κ3) is 4.18. The Kier molecular flexibility index (Phi) is 5.89. The molecule has 0 radical (unpaired) electrons. The van der Waals surface area contributed by atoms with Gasteiger partial charge in [-0.05, 0) is 54.8 Å². The van der Waals surface area contributed by atoms with Crippen molar-refractivity contribution in [2.24, 2.45) is 5.10 Å². The molecule has 7 heteroatoms. The van der Waals surface area contributed by atoms with Crippen LogP contribution in [0.1, 0.15) is 37.8 Å². The Morgan fingerprint density at radius 1 is 0.848 bits per heavy atom. The highest BCUT2D eigenvalue weighted by molar-refractivity contribution is 6.36. The molecule has 1 aliphatic carbocycles. The molecule has 0 spiro atoms. The number of anilines is 1. The molecule has 2 aliphatic rings. The first-order valence-corrected chi connectivity index (χ1v) is 10.6. The van der Waals surface area contributed by atoms with Crippen molar-refractivity contribution in [1.82, 2.24) is 0 Å². The summed E-state index contributed by atoms with van der Waals surface area (Å²) < 4.78 is 39.2. The number of rotatable bonds is 4. The van der Waals surface area contributed by atoms with E-state index >= 15 is 0 Å². The van der Waals surface area contributed by atoms with Crippen LogP contribution in [0.5, 0.6) is 0 Å². The first-order valence-electron chi connectivity index (χ1n) is 10.6. The normalized spacial score (nSPS) is 16.8. The number of allylic oxidation sites excluding steroid dienone is 5. The molecule has 4 rings (SSSR count). The summed E-state index contributed by atoms with van der Waals surface area (Å²) in [7, 11) is 0. The van der Waals surface area contributed by atoms with Crippen molar-refractivity contribution in [3.05, 3.63) is 100 Å². The Morgan fingerprint density at radius 3 is 1.94 bits per heavy atom. The Hall–Kier alpha value is -3.74. The van der Waals surface area contributed by atoms with Crippen molar-refractivity contribution in [2.75, 3.05) is 5.01 Å². The predicted molar refractivity (Wildman–Crippen MR) is 121 cm³/mol. The number of carbonyl (C=O) groups is 2. The summed E-state index contributed by atoms with van der Waals surface area (Å²) >= 11 is 0. The minimum absolute atomic E-state index is 0.0530. The molecule has 0 unspecified atom stereocenters. The number of benzene rings is 2. The monoisotopic (exact) mass is 450 g/mol. The zero-order valence-corrected chi connectivity index (χ0v) is 18.1. The third-order valence-electron chi connectivity index (χ3n) is 5.62. The number of Topliss-reactive ketones (excluding diaryl/α,β-unsaturated/α-hetero) is 1. The number of hydrogen-bond donors (Lipinski definition) is 0. The Morgan fingerprint density at radius 2 is 1.42 bits per heavy atom. The number of alkyl halides is 3. The van der Waals surface area contributed by atoms with Gasteiger partial charge in [0.1, 0.15) is 5.71 Å². The second kappa shape index (κ2) is 8.65. The average molecular weight is 450 g/mol. The van der Waals surface area contributed by atoms with Gasteiger partial charge in [-0.15, -0.1) is 0 Å². The average Bonchev–Trinajstić information content (AvgIpc) is 3.16. The third-order valence-corrected chi connectivity index (χ3v) is 5.62. The Labute approximate surface area is 189 Å². The molecule has 0 fully saturated rings. The zero-order valence-electron chi connectivity index (χ0n) is 18.1. The van der Waals surface area contributed by atoms with Crippen molar-refractivity contribution in [3.63, 3.8) is 0 Å². The SMILES string of the molecule is CCC1=CC(=C2C(=O)N(c3ccccc3)N=C2c2ccc(C(F)(F)F)cc2)C=C(CC)C1=O. The van der Waals surface area contributed by atoms with Crippen LogP contribution in [0.3, 0.4) is 0 Å². The molecular formula is C26H21F3N2O2. The van der Waals surface area contributed by atoms with E-state index in [1.807, 2.05) is 19.9 Å². The number of halogens is 3. The fourth-order valence-corrected chi connectivity index (χ4v) is 3.85. The lowest BCUT2D eigenvalue weighted by atomic mass is 9.87. The molecule has 33 heavy (non-hydrogen) atoms. The maximum absolute atomic E-state index is 13.5. The zero-order chi connectivity index (χ0) is 23.8. The largest absolute Gasteiger partial charge is 0.416 e. The first-order chi connectivity index (χ1) is 15.7. The van der Waals surface area contributed by atoms with Crippen LogP contribution in [-0.2, 0) is 15.8 Å². The van der Waals surface area contributed by atoms with Gasteiger partial charge in [0, 0.05) is 16.7 Å². The van der Waals surface area contributed by atoms with Crippen LogP contribution < -0.4 is 5.01 Å². The number of hydrazone groups is 1. The molecule has 2 aromatic rings. The number of carbonyl (C=O) groups excluding carboxylic acids is 2. The second-order valence-corrected chi connectivity index (χ2v) is 7.68. The van der Waals surface area contributed by atoms with Gasteiger partial charge in [0.15, 0.2) is 5.78 Å². The standard InChI is InChI=1S/C26H21F3N2O2/c1-3-16-14-19(15-17(4-2)24(16)32)22-23(18-10-12-20(13-11-18)26(27,28)29)30-31(25(22)33)21-8-6-5-7-9-21/h5-15H,3-4H2,1-2H3. The van der Waals surface area contributed by atoms with Gasteiger partial charge in [0.2, 0.25) is 0 Å². The molecule has 0 bridgehead atoms. The smallest absolute Gasteiger partial charge is 0.289 e. The Balaban J connectivity index is 1.91. The molecular weight excluding hydrogens is 429 g/mol. The molecule has 1 heterocycles. The van der Waals surface area contributed by atoms with Crippen LogP contribution in [0.4, 0.5) is 18.9 Å². The van der Waals surface area contributed by atoms with E-state index in [0.717, 1.165) is 12.1 Å². The molecule has 0 atom stereocenters. The second-order valence-electron chi connectivity index (χ2n) is 7.68. The van der Waals surface area contributed by atoms with Gasteiger partial charge in [0.05, 0.1) is 16.8 Å². The van der Waals surface area contributed by atoms with Gasteiger partial charge < -0.3 is 0 Å². The van der Waals surface area contributed by atoms with Crippen molar-refractivity contribution in [3.8, 4) is 0 Å². The van der Waals surface area contributed by atoms with E-state index in [-0.39, 0.29) is 17.1 Å². The highest BCUT2D eigenvalue weighted by atomic mass is 19.4. The van der Waals surface area contributed by atoms with Crippen LogP contribution in [-0.4, -0.2) is 17.4 Å². The van der Waals surface area contributed by atoms with Crippen LogP contribution in [0.25, 0.3) is 0 Å². The van der Waals surface area contributed by atoms with Gasteiger partial charge in [-0.25, -0.2) is 0 Å². The van der Waals surface area contributed by atoms with E-state index in [4.69, 9.17) is 0 Å². The molecule has 0 N–H and O–H groups in total. The van der Waals surface area contributed by atoms with Gasteiger partial charge in [0.25, 0.3) is 5.91 Å². The molecule has 1 amide bonds. The summed E-state index contributed by atoms with van der Waals surface area (Å²) in [4.78, 5) is 26.1. The summed E-state index contributed by atoms with van der Waals surface area (Å²) in [6.07, 6.45) is -0.108. The van der Waals surface area contributed by atoms with E-state index in [0.29, 0.717) is 40.8 Å². The molecule has 168 valence electrons. The summed E-state index contributed by atoms with van der Waals surface area (Å²) in [5, 5.41) is 5.74. The number of ketones is 1. The fraction of sp³-hybridized carbons (Fsp3) is 0.192. The van der Waals surface area contributed by atoms with Gasteiger partial charge in [-0.3, -0.25) is 9.59 Å². The minimum Gasteiger partial charge on any atom is -0.289 e. The topological polar surface area (TPSA) is 49.7 Å². The highest BCUT2D eigenvalue weighted by Crippen LogP contribution is 2.34.